The average molecular weight is 1770 g/mol. The van der Waals surface area contributed by atoms with Crippen LogP contribution < -0.4 is 9.13 Å². The van der Waals surface area contributed by atoms with Gasteiger partial charge in [-0.3, -0.25) is 28.1 Å². The van der Waals surface area contributed by atoms with E-state index in [2.05, 4.69) is 210 Å². The van der Waals surface area contributed by atoms with E-state index >= 15 is 0 Å². The van der Waals surface area contributed by atoms with Gasteiger partial charge in [-0.2, -0.15) is 233 Å². The molecule has 8 heterocycles. The van der Waals surface area contributed by atoms with Gasteiger partial charge in [0.25, 0.3) is 0 Å². The molecule has 0 aliphatic rings. The number of benzene rings is 8. The van der Waals surface area contributed by atoms with Crippen LogP contribution >= 0.6 is 0 Å². The molecular formula is C87H78N16Pd4-2. The number of nitrogens with zero attached hydrogens (tertiary/aromatic N) is 16. The molecule has 0 unspecified atom stereocenters. The first kappa shape index (κ1) is 81.2. The summed E-state index contributed by atoms with van der Waals surface area (Å²) in [6, 6.07) is 89.3. The molecule has 20 heteroatoms. The molecule has 0 aliphatic carbocycles. The maximum Gasteiger partial charge on any atom is 2.00 e. The predicted octanol–water partition coefficient (Wildman–Crippen LogP) is 14.2. The van der Waals surface area contributed by atoms with Crippen molar-refractivity contribution in [2.45, 2.75) is 88.0 Å². The van der Waals surface area contributed by atoms with Crippen LogP contribution in [0.4, 0.5) is 0 Å². The Balaban J connectivity index is 0.000000163. The third kappa shape index (κ3) is 21.5. The smallest absolute Gasteiger partial charge is 0.348 e. The van der Waals surface area contributed by atoms with Crippen LogP contribution in [0.15, 0.2) is 225 Å². The van der Waals surface area contributed by atoms with E-state index in [0.29, 0.717) is 0 Å². The largest absolute Gasteiger partial charge is 2.00 e. The monoisotopic (exact) mass is 1770 g/mol. The Morgan fingerprint density at radius 2 is 0.495 bits per heavy atom. The van der Waals surface area contributed by atoms with Gasteiger partial charge in [0.05, 0.1) is 48.3 Å². The second-order valence-corrected chi connectivity index (χ2v) is 25.7. The Hall–Kier alpha value is -9.91. The minimum absolute atomic E-state index is 0. The Morgan fingerprint density at radius 1 is 0.271 bits per heavy atom. The van der Waals surface area contributed by atoms with Gasteiger partial charge in [0.1, 0.15) is 0 Å². The number of hydrogen-bond donors (Lipinski definition) is 0. The summed E-state index contributed by atoms with van der Waals surface area (Å²) in [5, 5.41) is 27.0. The van der Waals surface area contributed by atoms with E-state index in [-0.39, 0.29) is 81.7 Å². The SMILES string of the molecule is C[n+]1[c-]n(-c2[c-]c(Cc3[c-]c(-n4[c-][n+](C)cc4)ccc3)ccc2)cc1.Cc1cc(C)n(-c2[c-]c(Cc3[c-]c(-n4nc(C)cc4C)ccc3)ccc2)n1.Cc1ccn(-c2[c-]c(Cc3[c-]c(-n4ccc(C)n4)ccc3)ccc2)n1.Cc1ccn(-c2[c-]c(Cc3[c-]c(-n4nc(C)cc4C)ccc3)ccc2)n1.[Pd+2].[Pd+2].[Pd+2].[Pd]. The predicted molar refractivity (Wildman–Crippen MR) is 397 cm³/mol. The molecule has 8 aromatic heterocycles. The standard InChI is InChI=1S/C23H22N4.C22H20N4.2C21H18N4.4Pd/c1-16-11-18(3)26(24-16)22-9-5-7-20(14-22)13-21-8-6-10-23(15-21)27-19(4)12-17(2)25-27;1-16-10-11-25(23-16)21-8-4-6-19(14-21)13-20-7-5-9-22(15-20)26-18(3)12-17(2)24-26;1-22-9-11-24(16-22)20-7-3-5-18(14-20)13-19-6-4-8-21(15-19)25-12-10-23(2)17-25;1-16-9-11-24(22-16)20-7-3-5-18(14-20)13-19-6-4-8-21(15-19)25-12-10-17(2)23-25;;;;/h5-12H,13H2,1-4H3;4-12H,13H2,1-3H3;2*3-12H,13H2,1-2H3;;;;/q4*-2;;3*+2. The summed E-state index contributed by atoms with van der Waals surface area (Å²) in [6.07, 6.45) is 23.2. The van der Waals surface area contributed by atoms with E-state index in [1.165, 1.54) is 0 Å². The Bertz CT molecular complexity index is 5140. The summed E-state index contributed by atoms with van der Waals surface area (Å²) in [5.41, 5.74) is 26.0. The molecule has 16 nitrogen and oxygen atoms in total. The minimum atomic E-state index is 0. The zero-order valence-corrected chi connectivity index (χ0v) is 67.3. The Kier molecular flexibility index (Phi) is 28.5. The van der Waals surface area contributed by atoms with Gasteiger partial charge in [0.2, 0.25) is 12.7 Å². The quantitative estimate of drug-likeness (QED) is 0.0539. The molecule has 16 rings (SSSR count). The van der Waals surface area contributed by atoms with Crippen LogP contribution in [0.5, 0.6) is 0 Å². The van der Waals surface area contributed by atoms with Gasteiger partial charge in [-0.15, -0.1) is 36.4 Å². The second kappa shape index (κ2) is 37.6. The first-order valence-electron chi connectivity index (χ1n) is 34.1. The maximum absolute atomic E-state index is 4.56. The first-order valence-corrected chi connectivity index (χ1v) is 34.1. The molecule has 0 aliphatic heterocycles. The van der Waals surface area contributed by atoms with Crippen molar-refractivity contribution in [1.82, 2.24) is 67.8 Å². The van der Waals surface area contributed by atoms with Crippen molar-refractivity contribution in [3.63, 3.8) is 0 Å². The van der Waals surface area contributed by atoms with Crippen LogP contribution in [0.2, 0.25) is 0 Å². The van der Waals surface area contributed by atoms with Gasteiger partial charge in [-0.25, -0.2) is 0 Å². The van der Waals surface area contributed by atoms with Crippen molar-refractivity contribution in [1.29, 1.82) is 0 Å². The molecule has 0 N–H and O–H groups in total. The third-order valence-electron chi connectivity index (χ3n) is 16.8. The molecule has 0 saturated carbocycles. The zero-order valence-electron chi connectivity index (χ0n) is 61.1. The van der Waals surface area contributed by atoms with E-state index in [1.54, 1.807) is 0 Å². The maximum atomic E-state index is 4.56. The Labute approximate surface area is 682 Å². The van der Waals surface area contributed by atoms with Crippen molar-refractivity contribution < 1.29 is 90.8 Å². The molecule has 107 heavy (non-hydrogen) atoms. The molecule has 0 saturated heterocycles. The van der Waals surface area contributed by atoms with Gasteiger partial charge in [0.15, 0.2) is 0 Å². The van der Waals surface area contributed by atoms with Gasteiger partial charge < -0.3 is 18.3 Å². The van der Waals surface area contributed by atoms with Gasteiger partial charge >= 0.3 is 61.3 Å². The third-order valence-corrected chi connectivity index (χ3v) is 16.8. The van der Waals surface area contributed by atoms with E-state index < -0.39 is 0 Å². The van der Waals surface area contributed by atoms with E-state index in [0.717, 1.165) is 167 Å². The van der Waals surface area contributed by atoms with Crippen molar-refractivity contribution >= 4 is 0 Å². The molecule has 8 aromatic carbocycles. The molecule has 0 fully saturated rings. The number of hydrogen-bond acceptors (Lipinski definition) is 6. The molecule has 0 amide bonds. The van der Waals surface area contributed by atoms with Crippen molar-refractivity contribution in [2.24, 2.45) is 14.1 Å². The molecular weight excluding hydrogens is 1690 g/mol. The molecule has 0 spiro atoms. The van der Waals surface area contributed by atoms with Crippen LogP contribution in [-0.2, 0) is 121 Å². The van der Waals surface area contributed by atoms with Crippen LogP contribution in [0.3, 0.4) is 0 Å². The number of aryl methyl sites for hydroxylation is 11. The van der Waals surface area contributed by atoms with E-state index in [1.807, 2.05) is 230 Å². The summed E-state index contributed by atoms with van der Waals surface area (Å²) in [4.78, 5) is 0. The van der Waals surface area contributed by atoms with Crippen LogP contribution in [0.1, 0.15) is 95.8 Å². The molecule has 0 atom stereocenters. The summed E-state index contributed by atoms with van der Waals surface area (Å²) in [7, 11) is 3.91. The number of aromatic nitrogens is 16. The fourth-order valence-corrected chi connectivity index (χ4v) is 12.1. The second-order valence-electron chi connectivity index (χ2n) is 25.7. The van der Waals surface area contributed by atoms with E-state index in [9.17, 15) is 0 Å². The zero-order chi connectivity index (χ0) is 71.5. The van der Waals surface area contributed by atoms with Crippen molar-refractivity contribution in [3.05, 3.63) is 382 Å². The summed E-state index contributed by atoms with van der Waals surface area (Å²) in [6.45, 7) is 18.2. The molecule has 548 valence electrons. The van der Waals surface area contributed by atoms with Crippen LogP contribution in [-0.4, -0.2) is 67.8 Å². The summed E-state index contributed by atoms with van der Waals surface area (Å²) < 4.78 is 19.1. The van der Waals surface area contributed by atoms with Crippen LogP contribution in [0.25, 0.3) is 45.5 Å². The van der Waals surface area contributed by atoms with Crippen molar-refractivity contribution in [2.75, 3.05) is 0 Å². The fourth-order valence-electron chi connectivity index (χ4n) is 12.1. The van der Waals surface area contributed by atoms with Gasteiger partial charge in [0, 0.05) is 80.9 Å². The topological polar surface area (TPSA) is 125 Å². The minimum Gasteiger partial charge on any atom is -0.348 e. The first-order chi connectivity index (χ1) is 49.9. The fraction of sp³-hybridized carbons (Fsp3) is 0.172. The average Bonchev–Trinajstić information content (AvgIpc) is 1.73. The van der Waals surface area contributed by atoms with Gasteiger partial charge in [-0.05, 0) is 159 Å². The van der Waals surface area contributed by atoms with Crippen LogP contribution in [0, 0.1) is 123 Å². The van der Waals surface area contributed by atoms with Gasteiger partial charge in [-0.1, -0.05) is 11.4 Å². The normalized spacial score (nSPS) is 10.6. The van der Waals surface area contributed by atoms with Crippen molar-refractivity contribution in [3.8, 4) is 45.5 Å². The number of imidazole rings is 2. The summed E-state index contributed by atoms with van der Waals surface area (Å²) in [5.74, 6) is 0. The Morgan fingerprint density at radius 3 is 0.701 bits per heavy atom. The molecule has 0 bridgehead atoms. The molecule has 16 aromatic rings. The number of rotatable bonds is 16. The van der Waals surface area contributed by atoms with E-state index in [4.69, 9.17) is 0 Å². The summed E-state index contributed by atoms with van der Waals surface area (Å²) >= 11 is 0. The molecule has 0 radical (unpaired) electrons.